The zero-order valence-electron chi connectivity index (χ0n) is 13.4. The molecule has 0 aliphatic heterocycles. The Kier molecular flexibility index (Phi) is 3.88. The first-order valence-electron chi connectivity index (χ1n) is 7.30. The summed E-state index contributed by atoms with van der Waals surface area (Å²) in [4.78, 5) is 37.7. The van der Waals surface area contributed by atoms with Crippen molar-refractivity contribution in [3.05, 3.63) is 49.2 Å². The molecule has 3 aromatic rings. The van der Waals surface area contributed by atoms with Gasteiger partial charge in [0.2, 0.25) is 0 Å². The SMILES string of the molecule is CC(C)n1c(=O)n(C)c(=O)c2c(C(=O)O)c(Cc3cn[nH]c3)sc21. The van der Waals surface area contributed by atoms with Crippen LogP contribution in [0.5, 0.6) is 0 Å². The Morgan fingerprint density at radius 2 is 2.12 bits per heavy atom. The third-order valence-corrected chi connectivity index (χ3v) is 5.03. The fourth-order valence-electron chi connectivity index (χ4n) is 2.70. The van der Waals surface area contributed by atoms with E-state index in [0.29, 0.717) is 16.1 Å². The van der Waals surface area contributed by atoms with E-state index in [4.69, 9.17) is 0 Å². The van der Waals surface area contributed by atoms with E-state index in [1.165, 1.54) is 23.0 Å². The maximum absolute atomic E-state index is 12.5. The van der Waals surface area contributed by atoms with Gasteiger partial charge < -0.3 is 5.11 Å². The molecule has 24 heavy (non-hydrogen) atoms. The van der Waals surface area contributed by atoms with Gasteiger partial charge in [0.15, 0.2) is 0 Å². The summed E-state index contributed by atoms with van der Waals surface area (Å²) in [6.45, 7) is 3.64. The van der Waals surface area contributed by atoms with Crippen molar-refractivity contribution in [3.8, 4) is 0 Å². The van der Waals surface area contributed by atoms with Gasteiger partial charge in [0.25, 0.3) is 5.56 Å². The van der Waals surface area contributed by atoms with Crippen LogP contribution >= 0.6 is 11.3 Å². The summed E-state index contributed by atoms with van der Waals surface area (Å²) >= 11 is 1.17. The minimum absolute atomic E-state index is 0.0359. The number of aromatic nitrogens is 4. The summed E-state index contributed by atoms with van der Waals surface area (Å²) in [6.07, 6.45) is 3.60. The second-order valence-corrected chi connectivity index (χ2v) is 6.86. The molecule has 0 fully saturated rings. The predicted octanol–water partition coefficient (Wildman–Crippen LogP) is 1.35. The molecular formula is C15H16N4O4S. The average molecular weight is 348 g/mol. The average Bonchev–Trinajstić information content (AvgIpc) is 3.12. The van der Waals surface area contributed by atoms with Gasteiger partial charge in [-0.3, -0.25) is 19.0 Å². The molecule has 0 unspecified atom stereocenters. The third-order valence-electron chi connectivity index (χ3n) is 3.84. The van der Waals surface area contributed by atoms with Gasteiger partial charge in [-0.25, -0.2) is 9.59 Å². The molecule has 0 radical (unpaired) electrons. The maximum Gasteiger partial charge on any atom is 0.337 e. The second-order valence-electron chi connectivity index (χ2n) is 5.78. The molecule has 8 nitrogen and oxygen atoms in total. The highest BCUT2D eigenvalue weighted by molar-refractivity contribution is 7.19. The van der Waals surface area contributed by atoms with Gasteiger partial charge in [0, 0.05) is 30.6 Å². The van der Waals surface area contributed by atoms with Crippen LogP contribution in [-0.4, -0.2) is 30.4 Å². The topological polar surface area (TPSA) is 110 Å². The fraction of sp³-hybridized carbons (Fsp3) is 0.333. The molecule has 126 valence electrons. The number of carboxylic acid groups (broad SMARTS) is 1. The molecule has 0 aliphatic rings. The molecule has 0 spiro atoms. The summed E-state index contributed by atoms with van der Waals surface area (Å²) in [5.41, 5.74) is -0.264. The minimum atomic E-state index is -1.18. The number of H-pyrrole nitrogens is 1. The molecule has 0 aromatic carbocycles. The van der Waals surface area contributed by atoms with Gasteiger partial charge in [-0.15, -0.1) is 11.3 Å². The Morgan fingerprint density at radius 1 is 1.42 bits per heavy atom. The quantitative estimate of drug-likeness (QED) is 0.739. The first-order chi connectivity index (χ1) is 11.3. The van der Waals surface area contributed by atoms with Crippen molar-refractivity contribution >= 4 is 27.5 Å². The van der Waals surface area contributed by atoms with Crippen molar-refractivity contribution < 1.29 is 9.90 Å². The van der Waals surface area contributed by atoms with E-state index in [0.717, 1.165) is 10.1 Å². The van der Waals surface area contributed by atoms with Crippen LogP contribution < -0.4 is 11.2 Å². The minimum Gasteiger partial charge on any atom is -0.478 e. The Balaban J connectivity index is 2.43. The number of nitrogens with one attached hydrogen (secondary N) is 1. The summed E-state index contributed by atoms with van der Waals surface area (Å²) in [7, 11) is 1.36. The fourth-order valence-corrected chi connectivity index (χ4v) is 4.14. The number of carboxylic acids is 1. The third kappa shape index (κ3) is 2.37. The summed E-state index contributed by atoms with van der Waals surface area (Å²) in [5, 5.41) is 16.3. The molecule has 0 bridgehead atoms. The molecule has 0 amide bonds. The van der Waals surface area contributed by atoms with Crippen LogP contribution in [0.25, 0.3) is 10.2 Å². The number of hydrogen-bond acceptors (Lipinski definition) is 5. The lowest BCUT2D eigenvalue weighted by Crippen LogP contribution is -2.38. The molecule has 0 aliphatic carbocycles. The van der Waals surface area contributed by atoms with Crippen molar-refractivity contribution in [2.45, 2.75) is 26.3 Å². The molecule has 2 N–H and O–H groups in total. The molecule has 0 saturated carbocycles. The maximum atomic E-state index is 12.5. The number of thiophene rings is 1. The Bertz CT molecular complexity index is 1040. The van der Waals surface area contributed by atoms with Gasteiger partial charge in [0.1, 0.15) is 4.83 Å². The van der Waals surface area contributed by atoms with Crippen molar-refractivity contribution in [2.24, 2.45) is 7.05 Å². The highest BCUT2D eigenvalue weighted by Gasteiger charge is 2.26. The van der Waals surface area contributed by atoms with Gasteiger partial charge in [-0.2, -0.15) is 5.10 Å². The number of hydrogen-bond donors (Lipinski definition) is 2. The molecule has 0 atom stereocenters. The first-order valence-corrected chi connectivity index (χ1v) is 8.12. The molecule has 3 aromatic heterocycles. The number of fused-ring (bicyclic) bond motifs is 1. The van der Waals surface area contributed by atoms with Crippen molar-refractivity contribution in [1.82, 2.24) is 19.3 Å². The zero-order valence-corrected chi connectivity index (χ0v) is 14.2. The van der Waals surface area contributed by atoms with E-state index in [9.17, 15) is 19.5 Å². The van der Waals surface area contributed by atoms with Gasteiger partial charge in [-0.1, -0.05) is 0 Å². The van der Waals surface area contributed by atoms with E-state index in [1.54, 1.807) is 12.4 Å². The standard InChI is InChI=1S/C15H16N4O4S/c1-7(2)19-13-11(12(20)18(3)15(19)23)10(14(21)22)9(24-13)4-8-5-16-17-6-8/h5-7H,4H2,1-3H3,(H,16,17)(H,21,22). The highest BCUT2D eigenvalue weighted by atomic mass is 32.1. The number of aromatic amines is 1. The predicted molar refractivity (Wildman–Crippen MR) is 90.1 cm³/mol. The van der Waals surface area contributed by atoms with Gasteiger partial charge >= 0.3 is 11.7 Å². The Labute approximate surface area is 140 Å². The Hall–Kier alpha value is -2.68. The van der Waals surface area contributed by atoms with Gasteiger partial charge in [0.05, 0.1) is 17.1 Å². The number of aromatic carboxylic acids is 1. The molecule has 9 heteroatoms. The normalized spacial score (nSPS) is 11.5. The van der Waals surface area contributed by atoms with E-state index in [2.05, 4.69) is 10.2 Å². The van der Waals surface area contributed by atoms with Crippen molar-refractivity contribution in [3.63, 3.8) is 0 Å². The van der Waals surface area contributed by atoms with Crippen LogP contribution in [0.1, 0.15) is 40.7 Å². The molecular weight excluding hydrogens is 332 g/mol. The van der Waals surface area contributed by atoms with E-state index in [-0.39, 0.29) is 17.0 Å². The monoisotopic (exact) mass is 348 g/mol. The number of nitrogens with zero attached hydrogens (tertiary/aromatic N) is 3. The van der Waals surface area contributed by atoms with Crippen LogP contribution in [0.15, 0.2) is 22.0 Å². The molecule has 0 saturated heterocycles. The summed E-state index contributed by atoms with van der Waals surface area (Å²) in [5.74, 6) is -1.18. The molecule has 3 rings (SSSR count). The first kappa shape index (κ1) is 16.2. The number of carbonyl (C=O) groups is 1. The zero-order chi connectivity index (χ0) is 17.6. The van der Waals surface area contributed by atoms with Gasteiger partial charge in [-0.05, 0) is 19.4 Å². The van der Waals surface area contributed by atoms with E-state index >= 15 is 0 Å². The smallest absolute Gasteiger partial charge is 0.337 e. The van der Waals surface area contributed by atoms with E-state index in [1.807, 2.05) is 13.8 Å². The highest BCUT2D eigenvalue weighted by Crippen LogP contribution is 2.31. The van der Waals surface area contributed by atoms with Crippen LogP contribution in [-0.2, 0) is 13.5 Å². The van der Waals surface area contributed by atoms with Crippen LogP contribution in [0.4, 0.5) is 0 Å². The summed E-state index contributed by atoms with van der Waals surface area (Å²) in [6, 6.07) is -0.200. The Morgan fingerprint density at radius 3 is 2.67 bits per heavy atom. The van der Waals surface area contributed by atoms with Crippen LogP contribution in [0.3, 0.4) is 0 Å². The number of rotatable bonds is 4. The second kappa shape index (κ2) is 5.75. The molecule has 3 heterocycles. The largest absolute Gasteiger partial charge is 0.478 e. The lowest BCUT2D eigenvalue weighted by atomic mass is 10.1. The van der Waals surface area contributed by atoms with Crippen molar-refractivity contribution in [1.29, 1.82) is 0 Å². The lowest BCUT2D eigenvalue weighted by molar-refractivity contribution is 0.0698. The van der Waals surface area contributed by atoms with Crippen molar-refractivity contribution in [2.75, 3.05) is 0 Å². The lowest BCUT2D eigenvalue weighted by Gasteiger charge is -2.12. The van der Waals surface area contributed by atoms with Crippen LogP contribution in [0, 0.1) is 0 Å². The van der Waals surface area contributed by atoms with E-state index < -0.39 is 17.2 Å². The van der Waals surface area contributed by atoms with Crippen LogP contribution in [0.2, 0.25) is 0 Å². The summed E-state index contributed by atoms with van der Waals surface area (Å²) < 4.78 is 2.43.